The van der Waals surface area contributed by atoms with E-state index in [1.807, 2.05) is 6.92 Å². The fraction of sp³-hybridized carbons (Fsp3) is 0.750. The second kappa shape index (κ2) is 15.0. The quantitative estimate of drug-likeness (QED) is 0.0717. The van der Waals surface area contributed by atoms with Gasteiger partial charge < -0.3 is 43.4 Å². The van der Waals surface area contributed by atoms with Gasteiger partial charge in [0.05, 0.1) is 6.61 Å². The maximum absolute atomic E-state index is 13.0. The number of carboxylic acid groups (broad SMARTS) is 1. The molecule has 0 aliphatic carbocycles. The number of nitrogens with zero attached hydrogens (tertiary/aromatic N) is 1. The molecule has 0 fully saturated rings. The molecule has 0 aliphatic rings. The topological polar surface area (TPSA) is 235 Å². The van der Waals surface area contributed by atoms with E-state index in [0.717, 1.165) is 0 Å². The van der Waals surface area contributed by atoms with E-state index in [0.29, 0.717) is 12.8 Å². The minimum Gasteiger partial charge on any atom is -0.480 e. The summed E-state index contributed by atoms with van der Waals surface area (Å²) in [5, 5.41) is 26.0. The van der Waals surface area contributed by atoms with Crippen LogP contribution in [0.3, 0.4) is 0 Å². The maximum atomic E-state index is 13.0. The summed E-state index contributed by atoms with van der Waals surface area (Å²) < 4.78 is 0. The van der Waals surface area contributed by atoms with Gasteiger partial charge in [-0.2, -0.15) is 0 Å². The highest BCUT2D eigenvalue weighted by molar-refractivity contribution is 5.94. The SMILES string of the molecule is CCC(C)C(NC(=O)C(CCCN=C(N)N)NC(=O)C(N)CO)C(=O)NC(C(=O)O)C(C)C. The highest BCUT2D eigenvalue weighted by Crippen LogP contribution is 2.11. The van der Waals surface area contributed by atoms with Crippen LogP contribution in [0, 0.1) is 11.8 Å². The molecule has 0 aromatic rings. The highest BCUT2D eigenvalue weighted by atomic mass is 16.4. The number of aliphatic imine (C=N–C) groups is 1. The third-order valence-electron chi connectivity index (χ3n) is 5.14. The van der Waals surface area contributed by atoms with Crippen LogP contribution in [0.4, 0.5) is 0 Å². The third-order valence-corrected chi connectivity index (χ3v) is 5.14. The minimum absolute atomic E-state index is 0.117. The summed E-state index contributed by atoms with van der Waals surface area (Å²) in [6.07, 6.45) is 0.985. The predicted molar refractivity (Wildman–Crippen MR) is 123 cm³/mol. The van der Waals surface area contributed by atoms with Crippen molar-refractivity contribution >= 4 is 29.7 Å². The number of aliphatic hydroxyl groups excluding tert-OH is 1. The molecule has 5 unspecified atom stereocenters. The Kier molecular flexibility index (Phi) is 13.7. The largest absolute Gasteiger partial charge is 0.480 e. The van der Waals surface area contributed by atoms with Crippen molar-refractivity contribution < 1.29 is 29.4 Å². The van der Waals surface area contributed by atoms with Crippen LogP contribution in [0.15, 0.2) is 4.99 Å². The molecule has 0 bridgehead atoms. The fourth-order valence-corrected chi connectivity index (χ4v) is 2.85. The van der Waals surface area contributed by atoms with Crippen LogP contribution in [-0.2, 0) is 19.2 Å². The van der Waals surface area contributed by atoms with Crippen molar-refractivity contribution in [3.05, 3.63) is 0 Å². The van der Waals surface area contributed by atoms with Crippen LogP contribution in [0.5, 0.6) is 0 Å². The lowest BCUT2D eigenvalue weighted by atomic mass is 9.96. The summed E-state index contributed by atoms with van der Waals surface area (Å²) >= 11 is 0. The minimum atomic E-state index is -1.23. The Labute approximate surface area is 193 Å². The average Bonchev–Trinajstić information content (AvgIpc) is 2.75. The van der Waals surface area contributed by atoms with Gasteiger partial charge in [0.25, 0.3) is 0 Å². The second-order valence-electron chi connectivity index (χ2n) is 8.24. The molecule has 0 saturated carbocycles. The number of aliphatic carboxylic acids is 1. The van der Waals surface area contributed by atoms with Gasteiger partial charge in [0.2, 0.25) is 17.7 Å². The molecule has 11 N–H and O–H groups in total. The van der Waals surface area contributed by atoms with Gasteiger partial charge in [-0.1, -0.05) is 34.1 Å². The summed E-state index contributed by atoms with van der Waals surface area (Å²) in [5.41, 5.74) is 16.1. The third kappa shape index (κ3) is 11.0. The lowest BCUT2D eigenvalue weighted by Crippen LogP contribution is -2.59. The molecule has 0 aromatic heterocycles. The number of nitrogens with one attached hydrogen (secondary N) is 3. The molecule has 33 heavy (non-hydrogen) atoms. The fourth-order valence-electron chi connectivity index (χ4n) is 2.85. The van der Waals surface area contributed by atoms with Gasteiger partial charge in [-0.05, 0) is 24.7 Å². The molecule has 0 rings (SSSR count). The first kappa shape index (κ1) is 30.1. The molecule has 0 radical (unpaired) electrons. The van der Waals surface area contributed by atoms with Gasteiger partial charge in [0, 0.05) is 6.54 Å². The number of carbonyl (C=O) groups excluding carboxylic acids is 3. The van der Waals surface area contributed by atoms with Gasteiger partial charge in [0.1, 0.15) is 24.2 Å². The lowest BCUT2D eigenvalue weighted by molar-refractivity contribution is -0.144. The van der Waals surface area contributed by atoms with Crippen LogP contribution in [0.25, 0.3) is 0 Å². The molecule has 13 heteroatoms. The van der Waals surface area contributed by atoms with Gasteiger partial charge in [-0.15, -0.1) is 0 Å². The van der Waals surface area contributed by atoms with E-state index < -0.39 is 54.5 Å². The lowest BCUT2D eigenvalue weighted by Gasteiger charge is -2.28. The molecule has 5 atom stereocenters. The Bertz CT molecular complexity index is 696. The van der Waals surface area contributed by atoms with Crippen LogP contribution in [0.2, 0.25) is 0 Å². The van der Waals surface area contributed by atoms with Crippen LogP contribution in [-0.4, -0.2) is 77.2 Å². The summed E-state index contributed by atoms with van der Waals surface area (Å²) in [4.78, 5) is 53.3. The molecular weight excluding hydrogens is 434 g/mol. The molecule has 0 heterocycles. The number of nitrogens with two attached hydrogens (primary N) is 3. The monoisotopic (exact) mass is 473 g/mol. The number of carbonyl (C=O) groups is 4. The van der Waals surface area contributed by atoms with Crippen LogP contribution >= 0.6 is 0 Å². The highest BCUT2D eigenvalue weighted by Gasteiger charge is 2.33. The van der Waals surface area contributed by atoms with Crippen LogP contribution in [0.1, 0.15) is 47.0 Å². The maximum Gasteiger partial charge on any atom is 0.326 e. The van der Waals surface area contributed by atoms with Crippen molar-refractivity contribution in [2.24, 2.45) is 34.0 Å². The summed E-state index contributed by atoms with van der Waals surface area (Å²) in [5.74, 6) is -4.04. The molecule has 0 aliphatic heterocycles. The molecule has 0 saturated heterocycles. The normalized spacial score (nSPS) is 15.5. The van der Waals surface area contributed by atoms with Crippen molar-refractivity contribution in [1.29, 1.82) is 0 Å². The number of hydrogen-bond acceptors (Lipinski definition) is 7. The van der Waals surface area contributed by atoms with Crippen molar-refractivity contribution in [3.63, 3.8) is 0 Å². The Morgan fingerprint density at radius 3 is 1.97 bits per heavy atom. The number of hydrogen-bond donors (Lipinski definition) is 8. The molecular formula is C20H39N7O6. The van der Waals surface area contributed by atoms with Crippen molar-refractivity contribution in [1.82, 2.24) is 16.0 Å². The average molecular weight is 474 g/mol. The van der Waals surface area contributed by atoms with E-state index >= 15 is 0 Å². The van der Waals surface area contributed by atoms with E-state index in [-0.39, 0.29) is 30.8 Å². The first-order chi connectivity index (χ1) is 15.3. The van der Waals surface area contributed by atoms with Crippen molar-refractivity contribution in [2.75, 3.05) is 13.2 Å². The van der Waals surface area contributed by atoms with Crippen molar-refractivity contribution in [3.8, 4) is 0 Å². The summed E-state index contributed by atoms with van der Waals surface area (Å²) in [6.45, 7) is 6.47. The number of rotatable bonds is 15. The van der Waals surface area contributed by atoms with Crippen molar-refractivity contribution in [2.45, 2.75) is 71.1 Å². The van der Waals surface area contributed by atoms with E-state index in [1.54, 1.807) is 20.8 Å². The zero-order valence-electron chi connectivity index (χ0n) is 19.7. The molecule has 0 aromatic carbocycles. The second-order valence-corrected chi connectivity index (χ2v) is 8.24. The first-order valence-electron chi connectivity index (χ1n) is 10.9. The standard InChI is InChI=1S/C20H39N7O6/c1-5-11(4)15(18(31)26-14(10(2)3)19(32)33)27-17(30)13(7-6-8-24-20(22)23)25-16(29)12(21)9-28/h10-15,28H,5-9,21H2,1-4H3,(H,25,29)(H,26,31)(H,27,30)(H,32,33)(H4,22,23,24). The van der Waals surface area contributed by atoms with E-state index in [9.17, 15) is 24.3 Å². The molecule has 3 amide bonds. The summed E-state index contributed by atoms with van der Waals surface area (Å²) in [6, 6.07) is -4.47. The molecule has 190 valence electrons. The zero-order chi connectivity index (χ0) is 25.7. The van der Waals surface area contributed by atoms with Gasteiger partial charge >= 0.3 is 5.97 Å². The summed E-state index contributed by atoms with van der Waals surface area (Å²) in [7, 11) is 0. The zero-order valence-corrected chi connectivity index (χ0v) is 19.7. The van der Waals surface area contributed by atoms with Crippen LogP contribution < -0.4 is 33.2 Å². The Hall–Kier alpha value is -2.93. The smallest absolute Gasteiger partial charge is 0.326 e. The number of aliphatic hydroxyl groups is 1. The number of amides is 3. The van der Waals surface area contributed by atoms with Gasteiger partial charge in [-0.3, -0.25) is 19.4 Å². The Balaban J connectivity index is 5.57. The predicted octanol–water partition coefficient (Wildman–Crippen LogP) is -2.40. The van der Waals surface area contributed by atoms with Gasteiger partial charge in [-0.25, -0.2) is 4.79 Å². The van der Waals surface area contributed by atoms with E-state index in [2.05, 4.69) is 20.9 Å². The molecule has 13 nitrogen and oxygen atoms in total. The van der Waals surface area contributed by atoms with E-state index in [4.69, 9.17) is 22.3 Å². The Morgan fingerprint density at radius 1 is 0.939 bits per heavy atom. The van der Waals surface area contributed by atoms with Gasteiger partial charge in [0.15, 0.2) is 5.96 Å². The first-order valence-corrected chi connectivity index (χ1v) is 10.9. The van der Waals surface area contributed by atoms with E-state index in [1.165, 1.54) is 0 Å². The number of carboxylic acids is 1. The Morgan fingerprint density at radius 2 is 1.52 bits per heavy atom. The number of guanidine groups is 1. The molecule has 0 spiro atoms.